The molecule has 0 rings (SSSR count). The molecule has 3 heteroatoms. The quantitative estimate of drug-likeness (QED) is 0.793. The number of hydrogen-bond acceptors (Lipinski definition) is 2. The monoisotopic (exact) mass is 324 g/mol. The van der Waals surface area contributed by atoms with Crippen molar-refractivity contribution in [2.75, 3.05) is 0 Å². The molecule has 0 heterocycles. The molecule has 0 aliphatic heterocycles. The molecule has 81 valence electrons. The van der Waals surface area contributed by atoms with Gasteiger partial charge in [0, 0.05) is 47.4 Å². The fourth-order valence-corrected chi connectivity index (χ4v) is 1.58. The maximum Gasteiger partial charge on any atom is 0.104 e. The van der Waals surface area contributed by atoms with Crippen LogP contribution in [-0.2, 0) is 0 Å². The molecule has 14 heavy (non-hydrogen) atoms. The predicted octanol–water partition coefficient (Wildman–Crippen LogP) is 2.65. The fraction of sp³-hybridized carbons (Fsp3) is 0.909. The molecule has 1 unspecified atom stereocenters. The van der Waals surface area contributed by atoms with Crippen LogP contribution < -0.4 is 0 Å². The van der Waals surface area contributed by atoms with Gasteiger partial charge < -0.3 is 5.11 Å². The summed E-state index contributed by atoms with van der Waals surface area (Å²) in [6, 6.07) is 0.261. The molecule has 0 saturated carbocycles. The molecule has 1 N–H and O–H groups in total. The van der Waals surface area contributed by atoms with Gasteiger partial charge in [0.05, 0.1) is 0 Å². The van der Waals surface area contributed by atoms with Crippen LogP contribution in [0.2, 0.25) is 0 Å². The smallest absolute Gasteiger partial charge is 0.104 e. The van der Waals surface area contributed by atoms with Crippen molar-refractivity contribution in [2.45, 2.75) is 59.6 Å². The fourth-order valence-electron chi connectivity index (χ4n) is 1.58. The van der Waals surface area contributed by atoms with Crippen molar-refractivity contribution in [2.24, 2.45) is 10.9 Å². The summed E-state index contributed by atoms with van der Waals surface area (Å²) in [5.41, 5.74) is 0.143. The van der Waals surface area contributed by atoms with Gasteiger partial charge in [-0.15, -0.1) is 0 Å². The molecule has 0 aromatic rings. The molecule has 1 radical (unpaired) electrons. The van der Waals surface area contributed by atoms with Crippen molar-refractivity contribution >= 4 is 5.71 Å². The zero-order chi connectivity index (χ0) is 10.6. The Labute approximate surface area is 116 Å². The van der Waals surface area contributed by atoms with Gasteiger partial charge in [0.25, 0.3) is 0 Å². The van der Waals surface area contributed by atoms with E-state index in [0.717, 1.165) is 12.1 Å². The SMILES string of the molecule is CCC(O)(C(C)=NC(C)C)C(C)C.[La]. The van der Waals surface area contributed by atoms with Crippen LogP contribution in [0, 0.1) is 41.5 Å². The maximum absolute atomic E-state index is 10.3. The van der Waals surface area contributed by atoms with Crippen LogP contribution in [0.25, 0.3) is 0 Å². The van der Waals surface area contributed by atoms with Gasteiger partial charge in [0.15, 0.2) is 0 Å². The Morgan fingerprint density at radius 1 is 1.29 bits per heavy atom. The molecule has 0 aliphatic carbocycles. The first kappa shape index (κ1) is 17.2. The standard InChI is InChI=1S/C11H23NO.La/c1-7-11(13,8(2)3)10(6)12-9(4)5;/h8-9,13H,7H2,1-6H3;. The maximum atomic E-state index is 10.3. The summed E-state index contributed by atoms with van der Waals surface area (Å²) in [5.74, 6) is 0.222. The summed E-state index contributed by atoms with van der Waals surface area (Å²) in [5, 5.41) is 10.3. The molecule has 0 saturated heterocycles. The van der Waals surface area contributed by atoms with Gasteiger partial charge in [-0.1, -0.05) is 20.8 Å². The first-order valence-corrected chi connectivity index (χ1v) is 5.11. The van der Waals surface area contributed by atoms with Crippen LogP contribution in [0.4, 0.5) is 0 Å². The second-order valence-electron chi connectivity index (χ2n) is 4.24. The Bertz CT molecular complexity index is 190. The topological polar surface area (TPSA) is 32.6 Å². The third-order valence-electron chi connectivity index (χ3n) is 2.57. The molecule has 0 fully saturated rings. The predicted molar refractivity (Wildman–Crippen MR) is 58.3 cm³/mol. The molecule has 1 atom stereocenters. The van der Waals surface area contributed by atoms with E-state index in [9.17, 15) is 5.11 Å². The minimum Gasteiger partial charge on any atom is -0.384 e. The van der Waals surface area contributed by atoms with Gasteiger partial charge in [-0.05, 0) is 33.1 Å². The average molecular weight is 324 g/mol. The molecule has 0 spiro atoms. The van der Waals surface area contributed by atoms with Crippen molar-refractivity contribution in [3.63, 3.8) is 0 Å². The van der Waals surface area contributed by atoms with E-state index >= 15 is 0 Å². The van der Waals surface area contributed by atoms with Gasteiger partial charge in [-0.3, -0.25) is 4.99 Å². The van der Waals surface area contributed by atoms with Crippen LogP contribution >= 0.6 is 0 Å². The minimum absolute atomic E-state index is 0. The molecule has 0 aliphatic rings. The van der Waals surface area contributed by atoms with Crippen LogP contribution in [0.15, 0.2) is 4.99 Å². The minimum atomic E-state index is -0.718. The molecular weight excluding hydrogens is 301 g/mol. The summed E-state index contributed by atoms with van der Waals surface area (Å²) < 4.78 is 0. The average Bonchev–Trinajstić information content (AvgIpc) is 2.01. The summed E-state index contributed by atoms with van der Waals surface area (Å²) in [7, 11) is 0. The van der Waals surface area contributed by atoms with E-state index in [1.165, 1.54) is 0 Å². The van der Waals surface area contributed by atoms with Crippen LogP contribution in [0.1, 0.15) is 48.0 Å². The largest absolute Gasteiger partial charge is 0.384 e. The number of hydrogen-bond donors (Lipinski definition) is 1. The van der Waals surface area contributed by atoms with E-state index in [4.69, 9.17) is 0 Å². The van der Waals surface area contributed by atoms with Crippen molar-refractivity contribution in [1.82, 2.24) is 0 Å². The molecule has 0 aromatic carbocycles. The summed E-state index contributed by atoms with van der Waals surface area (Å²) in [4.78, 5) is 4.41. The van der Waals surface area contributed by atoms with E-state index in [0.29, 0.717) is 0 Å². The number of aliphatic hydroxyl groups is 1. The summed E-state index contributed by atoms with van der Waals surface area (Å²) >= 11 is 0. The number of rotatable bonds is 4. The van der Waals surface area contributed by atoms with Crippen LogP contribution in [0.3, 0.4) is 0 Å². The second kappa shape index (κ2) is 7.16. The van der Waals surface area contributed by atoms with Crippen molar-refractivity contribution in [1.29, 1.82) is 0 Å². The number of nitrogens with zero attached hydrogens (tertiary/aromatic N) is 1. The number of aliphatic imine (C=N–C) groups is 1. The Hall–Kier alpha value is 0.825. The molecule has 0 amide bonds. The second-order valence-corrected chi connectivity index (χ2v) is 4.24. The van der Waals surface area contributed by atoms with E-state index in [1.807, 2.05) is 41.5 Å². The normalized spacial score (nSPS) is 16.8. The van der Waals surface area contributed by atoms with Crippen molar-refractivity contribution in [3.8, 4) is 0 Å². The van der Waals surface area contributed by atoms with E-state index in [-0.39, 0.29) is 47.6 Å². The first-order valence-electron chi connectivity index (χ1n) is 5.11. The molecular formula is C11H23LaNO. The summed E-state index contributed by atoms with van der Waals surface area (Å²) in [6.07, 6.45) is 0.729. The van der Waals surface area contributed by atoms with Crippen LogP contribution in [-0.4, -0.2) is 22.5 Å². The Morgan fingerprint density at radius 3 is 1.93 bits per heavy atom. The Balaban J connectivity index is 0. The first-order chi connectivity index (χ1) is 5.84. The third-order valence-corrected chi connectivity index (χ3v) is 2.57. The van der Waals surface area contributed by atoms with Gasteiger partial charge in [-0.25, -0.2) is 0 Å². The van der Waals surface area contributed by atoms with Gasteiger partial charge in [0.2, 0.25) is 0 Å². The van der Waals surface area contributed by atoms with Gasteiger partial charge >= 0.3 is 0 Å². The molecule has 0 aromatic heterocycles. The van der Waals surface area contributed by atoms with E-state index in [2.05, 4.69) is 4.99 Å². The zero-order valence-corrected chi connectivity index (χ0v) is 14.0. The van der Waals surface area contributed by atoms with E-state index < -0.39 is 5.60 Å². The Kier molecular flexibility index (Phi) is 8.81. The summed E-state index contributed by atoms with van der Waals surface area (Å²) in [6.45, 7) is 12.0. The van der Waals surface area contributed by atoms with Gasteiger partial charge in [0.1, 0.15) is 5.60 Å². The Morgan fingerprint density at radius 2 is 1.71 bits per heavy atom. The van der Waals surface area contributed by atoms with Crippen molar-refractivity contribution in [3.05, 3.63) is 0 Å². The molecule has 2 nitrogen and oxygen atoms in total. The van der Waals surface area contributed by atoms with Gasteiger partial charge in [-0.2, -0.15) is 0 Å². The molecule has 0 bridgehead atoms. The third kappa shape index (κ3) is 4.56. The van der Waals surface area contributed by atoms with Crippen molar-refractivity contribution < 1.29 is 40.7 Å². The van der Waals surface area contributed by atoms with E-state index in [1.54, 1.807) is 0 Å². The zero-order valence-electron chi connectivity index (χ0n) is 10.3. The van der Waals surface area contributed by atoms with Crippen LogP contribution in [0.5, 0.6) is 0 Å².